The molecule has 5 heteroatoms. The number of aromatic carboxylic acids is 1. The maximum absolute atomic E-state index is 10.8. The van der Waals surface area contributed by atoms with Crippen LogP contribution in [-0.4, -0.2) is 25.7 Å². The summed E-state index contributed by atoms with van der Waals surface area (Å²) in [5.74, 6) is -0.437. The molecule has 1 saturated carbocycles. The van der Waals surface area contributed by atoms with E-state index in [0.29, 0.717) is 5.92 Å². The number of carboxylic acid groups (broad SMARTS) is 1. The van der Waals surface area contributed by atoms with Crippen LogP contribution in [0.2, 0.25) is 0 Å². The molecule has 1 fully saturated rings. The molecule has 0 spiro atoms. The highest BCUT2D eigenvalue weighted by atomic mass is 16.4. The fourth-order valence-corrected chi connectivity index (χ4v) is 2.53. The summed E-state index contributed by atoms with van der Waals surface area (Å²) in [7, 11) is 0. The molecule has 2 aromatic heterocycles. The SMILES string of the molecule is O=C(O)c1cnc2c(C3CCCC3)cnn2c1. The highest BCUT2D eigenvalue weighted by Gasteiger charge is 2.21. The van der Waals surface area contributed by atoms with Crippen molar-refractivity contribution in [1.29, 1.82) is 0 Å². The van der Waals surface area contributed by atoms with Crippen molar-refractivity contribution in [3.05, 3.63) is 29.7 Å². The van der Waals surface area contributed by atoms with E-state index in [1.165, 1.54) is 38.1 Å². The highest BCUT2D eigenvalue weighted by Crippen LogP contribution is 2.35. The normalized spacial score (nSPS) is 16.7. The predicted octanol–water partition coefficient (Wildman–Crippen LogP) is 2.09. The molecule has 0 amide bonds. The Kier molecular flexibility index (Phi) is 2.31. The van der Waals surface area contributed by atoms with E-state index in [0.717, 1.165) is 11.2 Å². The van der Waals surface area contributed by atoms with Gasteiger partial charge in [0.15, 0.2) is 5.65 Å². The summed E-state index contributed by atoms with van der Waals surface area (Å²) in [6.07, 6.45) is 9.63. The third-order valence-corrected chi connectivity index (χ3v) is 3.43. The maximum atomic E-state index is 10.8. The molecule has 0 bridgehead atoms. The zero-order valence-corrected chi connectivity index (χ0v) is 9.33. The van der Waals surface area contributed by atoms with Crippen LogP contribution in [0.25, 0.3) is 5.65 Å². The first kappa shape index (κ1) is 10.3. The molecule has 3 rings (SSSR count). The van der Waals surface area contributed by atoms with E-state index in [1.54, 1.807) is 4.52 Å². The molecule has 0 saturated heterocycles. The zero-order chi connectivity index (χ0) is 11.8. The van der Waals surface area contributed by atoms with Crippen LogP contribution in [-0.2, 0) is 0 Å². The van der Waals surface area contributed by atoms with Gasteiger partial charge in [0.05, 0.1) is 11.8 Å². The zero-order valence-electron chi connectivity index (χ0n) is 9.33. The molecule has 1 aliphatic rings. The molecule has 0 aliphatic heterocycles. The van der Waals surface area contributed by atoms with Crippen molar-refractivity contribution in [2.24, 2.45) is 0 Å². The van der Waals surface area contributed by atoms with Gasteiger partial charge in [-0.15, -0.1) is 0 Å². The summed E-state index contributed by atoms with van der Waals surface area (Å²) in [5.41, 5.74) is 2.11. The van der Waals surface area contributed by atoms with Crippen LogP contribution in [0.3, 0.4) is 0 Å². The van der Waals surface area contributed by atoms with Crippen LogP contribution in [0, 0.1) is 0 Å². The molecule has 0 radical (unpaired) electrons. The number of nitrogens with zero attached hydrogens (tertiary/aromatic N) is 3. The maximum Gasteiger partial charge on any atom is 0.338 e. The Morgan fingerprint density at radius 1 is 1.35 bits per heavy atom. The topological polar surface area (TPSA) is 67.5 Å². The summed E-state index contributed by atoms with van der Waals surface area (Å²) in [4.78, 5) is 15.1. The minimum Gasteiger partial charge on any atom is -0.478 e. The molecular weight excluding hydrogens is 218 g/mol. The lowest BCUT2D eigenvalue weighted by molar-refractivity contribution is 0.0695. The van der Waals surface area contributed by atoms with Crippen LogP contribution in [0.4, 0.5) is 0 Å². The monoisotopic (exact) mass is 231 g/mol. The van der Waals surface area contributed by atoms with Gasteiger partial charge in [-0.1, -0.05) is 12.8 Å². The highest BCUT2D eigenvalue weighted by molar-refractivity contribution is 5.87. The van der Waals surface area contributed by atoms with Gasteiger partial charge in [-0.3, -0.25) is 0 Å². The Balaban J connectivity index is 2.07. The molecule has 17 heavy (non-hydrogen) atoms. The summed E-state index contributed by atoms with van der Waals surface area (Å²) < 4.78 is 1.57. The Morgan fingerprint density at radius 2 is 2.12 bits per heavy atom. The number of rotatable bonds is 2. The van der Waals surface area contributed by atoms with Gasteiger partial charge in [0.25, 0.3) is 0 Å². The molecular formula is C12H13N3O2. The first-order valence-corrected chi connectivity index (χ1v) is 5.82. The second-order valence-corrected chi connectivity index (χ2v) is 4.50. The lowest BCUT2D eigenvalue weighted by Crippen LogP contribution is -2.02. The number of fused-ring (bicyclic) bond motifs is 1. The standard InChI is InChI=1S/C12H13N3O2/c16-12(17)9-5-13-11-10(6-14-15(11)7-9)8-3-1-2-4-8/h5-8H,1-4H2,(H,16,17). The number of carboxylic acids is 1. The molecule has 0 atom stereocenters. The number of hydrogen-bond acceptors (Lipinski definition) is 3. The number of carbonyl (C=O) groups is 1. The van der Waals surface area contributed by atoms with Gasteiger partial charge in [0.2, 0.25) is 0 Å². The fraction of sp³-hybridized carbons (Fsp3) is 0.417. The number of aromatic nitrogens is 3. The van der Waals surface area contributed by atoms with Gasteiger partial charge in [-0.25, -0.2) is 14.3 Å². The van der Waals surface area contributed by atoms with E-state index in [-0.39, 0.29) is 5.56 Å². The first-order chi connectivity index (χ1) is 8.25. The average molecular weight is 231 g/mol. The molecule has 1 aliphatic carbocycles. The molecule has 88 valence electrons. The molecule has 5 nitrogen and oxygen atoms in total. The van der Waals surface area contributed by atoms with Crippen molar-refractivity contribution in [3.63, 3.8) is 0 Å². The van der Waals surface area contributed by atoms with Crippen molar-refractivity contribution >= 4 is 11.6 Å². The molecule has 1 N–H and O–H groups in total. The fourth-order valence-electron chi connectivity index (χ4n) is 2.53. The lowest BCUT2D eigenvalue weighted by atomic mass is 10.0. The van der Waals surface area contributed by atoms with Gasteiger partial charge in [-0.05, 0) is 18.8 Å². The minimum atomic E-state index is -0.975. The summed E-state index contributed by atoms with van der Waals surface area (Å²) in [6.45, 7) is 0. The number of hydrogen-bond donors (Lipinski definition) is 1. The smallest absolute Gasteiger partial charge is 0.338 e. The van der Waals surface area contributed by atoms with Crippen molar-refractivity contribution in [1.82, 2.24) is 14.6 Å². The Labute approximate surface area is 98.1 Å². The molecule has 2 aromatic rings. The van der Waals surface area contributed by atoms with E-state index >= 15 is 0 Å². The first-order valence-electron chi connectivity index (χ1n) is 5.82. The van der Waals surface area contributed by atoms with E-state index in [4.69, 9.17) is 5.11 Å². The molecule has 0 unspecified atom stereocenters. The summed E-state index contributed by atoms with van der Waals surface area (Å²) >= 11 is 0. The summed E-state index contributed by atoms with van der Waals surface area (Å²) in [5, 5.41) is 13.1. The van der Waals surface area contributed by atoms with Crippen molar-refractivity contribution < 1.29 is 9.90 Å². The van der Waals surface area contributed by atoms with Crippen molar-refractivity contribution in [3.8, 4) is 0 Å². The third kappa shape index (κ3) is 1.67. The van der Waals surface area contributed by atoms with Gasteiger partial charge < -0.3 is 5.11 Å². The van der Waals surface area contributed by atoms with E-state index < -0.39 is 5.97 Å². The van der Waals surface area contributed by atoms with E-state index in [1.807, 2.05) is 6.20 Å². The van der Waals surface area contributed by atoms with Gasteiger partial charge >= 0.3 is 5.97 Å². The lowest BCUT2D eigenvalue weighted by Gasteiger charge is -2.05. The van der Waals surface area contributed by atoms with Crippen LogP contribution in [0.5, 0.6) is 0 Å². The average Bonchev–Trinajstić information content (AvgIpc) is 2.96. The molecule has 0 aromatic carbocycles. The molecule has 2 heterocycles. The van der Waals surface area contributed by atoms with Crippen LogP contribution < -0.4 is 0 Å². The van der Waals surface area contributed by atoms with E-state index in [2.05, 4.69) is 10.1 Å². The van der Waals surface area contributed by atoms with Crippen LogP contribution in [0.15, 0.2) is 18.6 Å². The quantitative estimate of drug-likeness (QED) is 0.859. The largest absolute Gasteiger partial charge is 0.478 e. The third-order valence-electron chi connectivity index (χ3n) is 3.43. The summed E-state index contributed by atoms with van der Waals surface area (Å²) in [6, 6.07) is 0. The predicted molar refractivity (Wildman–Crippen MR) is 61.2 cm³/mol. The van der Waals surface area contributed by atoms with Gasteiger partial charge in [0, 0.05) is 18.0 Å². The second-order valence-electron chi connectivity index (χ2n) is 4.50. The minimum absolute atomic E-state index is 0.165. The Morgan fingerprint density at radius 3 is 2.82 bits per heavy atom. The van der Waals surface area contributed by atoms with Crippen LogP contribution >= 0.6 is 0 Å². The van der Waals surface area contributed by atoms with Crippen LogP contribution in [0.1, 0.15) is 47.5 Å². The Bertz CT molecular complexity index is 570. The second kappa shape index (κ2) is 3.84. The Hall–Kier alpha value is -1.91. The van der Waals surface area contributed by atoms with Crippen molar-refractivity contribution in [2.45, 2.75) is 31.6 Å². The van der Waals surface area contributed by atoms with E-state index in [9.17, 15) is 4.79 Å². The van der Waals surface area contributed by atoms with Crippen molar-refractivity contribution in [2.75, 3.05) is 0 Å². The van der Waals surface area contributed by atoms with Gasteiger partial charge in [0.1, 0.15) is 0 Å². The van der Waals surface area contributed by atoms with Gasteiger partial charge in [-0.2, -0.15) is 5.10 Å².